The van der Waals surface area contributed by atoms with Gasteiger partial charge in [-0.1, -0.05) is 0 Å². The zero-order valence-corrected chi connectivity index (χ0v) is 8.31. The van der Waals surface area contributed by atoms with Gasteiger partial charge in [0.25, 0.3) is 0 Å². The Balaban J connectivity index is 0. The van der Waals surface area contributed by atoms with E-state index in [1.807, 2.05) is 7.05 Å². The largest absolute Gasteiger partial charge is 0.394 e. The molecule has 0 aliphatic heterocycles. The minimum Gasteiger partial charge on any atom is -0.394 e. The Bertz CT molecular complexity index is 216. The number of aliphatic hydroxyl groups is 1. The first-order valence-electron chi connectivity index (χ1n) is 3.10. The number of rotatable bonds is 2. The quantitative estimate of drug-likeness (QED) is 0.741. The first kappa shape index (κ1) is 14.2. The van der Waals surface area contributed by atoms with Crippen LogP contribution in [0.1, 0.15) is 11.7 Å². The highest BCUT2D eigenvalue weighted by molar-refractivity contribution is 5.85. The summed E-state index contributed by atoms with van der Waals surface area (Å²) in [7, 11) is 1.81. The molecule has 1 unspecified atom stereocenters. The van der Waals surface area contributed by atoms with E-state index < -0.39 is 0 Å². The molecular weight excluding hydrogens is 201 g/mol. The summed E-state index contributed by atoms with van der Waals surface area (Å²) in [5.41, 5.74) is 6.21. The van der Waals surface area contributed by atoms with Gasteiger partial charge >= 0.3 is 0 Å². The van der Waals surface area contributed by atoms with Crippen LogP contribution < -0.4 is 5.73 Å². The van der Waals surface area contributed by atoms with Gasteiger partial charge in [0.2, 0.25) is 0 Å². The lowest BCUT2D eigenvalue weighted by atomic mass is 10.2. The second-order valence-corrected chi connectivity index (χ2v) is 2.20. The predicted molar refractivity (Wildman–Crippen MR) is 51.7 cm³/mol. The van der Waals surface area contributed by atoms with E-state index in [4.69, 9.17) is 10.8 Å². The van der Waals surface area contributed by atoms with Crippen molar-refractivity contribution in [3.05, 3.63) is 18.0 Å². The summed E-state index contributed by atoms with van der Waals surface area (Å²) in [6, 6.07) is 1.45. The van der Waals surface area contributed by atoms with Crippen molar-refractivity contribution >= 4 is 24.8 Å². The smallest absolute Gasteiger partial charge is 0.0815 e. The molecular formula is C6H13Cl2N3O. The monoisotopic (exact) mass is 213 g/mol. The molecule has 72 valence electrons. The molecule has 4 nitrogen and oxygen atoms in total. The van der Waals surface area contributed by atoms with Crippen molar-refractivity contribution in [1.82, 2.24) is 9.78 Å². The maximum absolute atomic E-state index is 8.62. The Morgan fingerprint density at radius 1 is 1.67 bits per heavy atom. The zero-order valence-electron chi connectivity index (χ0n) is 6.67. The van der Waals surface area contributed by atoms with E-state index in [0.717, 1.165) is 5.69 Å². The van der Waals surface area contributed by atoms with E-state index in [9.17, 15) is 0 Å². The third-order valence-corrected chi connectivity index (χ3v) is 1.31. The lowest BCUT2D eigenvalue weighted by Crippen LogP contribution is -2.15. The molecule has 0 saturated carbocycles. The molecule has 0 amide bonds. The Labute approximate surface area is 83.6 Å². The fourth-order valence-corrected chi connectivity index (χ4v) is 0.724. The Hall–Kier alpha value is -0.290. The molecule has 6 heteroatoms. The predicted octanol–water partition coefficient (Wildman–Crippen LogP) is 0.256. The molecule has 0 aromatic carbocycles. The van der Waals surface area contributed by atoms with Crippen molar-refractivity contribution in [2.24, 2.45) is 12.8 Å². The van der Waals surface area contributed by atoms with E-state index in [1.54, 1.807) is 16.9 Å². The summed E-state index contributed by atoms with van der Waals surface area (Å²) in [5, 5.41) is 12.6. The number of halogens is 2. The van der Waals surface area contributed by atoms with Crippen LogP contribution >= 0.6 is 24.8 Å². The number of aliphatic hydroxyl groups excluding tert-OH is 1. The van der Waals surface area contributed by atoms with E-state index in [2.05, 4.69) is 5.10 Å². The SMILES string of the molecule is Cl.Cl.Cn1ccc(C(N)CO)n1. The third kappa shape index (κ3) is 3.40. The van der Waals surface area contributed by atoms with Crippen LogP contribution in [-0.2, 0) is 7.05 Å². The summed E-state index contributed by atoms with van der Waals surface area (Å²) in [6.45, 7) is -0.0585. The molecule has 0 spiro atoms. The first-order chi connectivity index (χ1) is 4.74. The first-order valence-corrected chi connectivity index (χ1v) is 3.10. The fraction of sp³-hybridized carbons (Fsp3) is 0.500. The lowest BCUT2D eigenvalue weighted by Gasteiger charge is -2.01. The molecule has 12 heavy (non-hydrogen) atoms. The van der Waals surface area contributed by atoms with Gasteiger partial charge in [0.15, 0.2) is 0 Å². The van der Waals surface area contributed by atoms with Crippen molar-refractivity contribution in [1.29, 1.82) is 0 Å². The van der Waals surface area contributed by atoms with E-state index in [0.29, 0.717) is 0 Å². The Kier molecular flexibility index (Phi) is 7.42. The third-order valence-electron chi connectivity index (χ3n) is 1.31. The number of aromatic nitrogens is 2. The van der Waals surface area contributed by atoms with E-state index in [-0.39, 0.29) is 37.5 Å². The fourth-order valence-electron chi connectivity index (χ4n) is 0.724. The second-order valence-electron chi connectivity index (χ2n) is 2.20. The molecule has 0 bridgehead atoms. The van der Waals surface area contributed by atoms with Crippen LogP contribution in [0.5, 0.6) is 0 Å². The standard InChI is InChI=1S/C6H11N3O.2ClH/c1-9-3-2-6(8-9)5(7)4-10;;/h2-3,5,10H,4,7H2,1H3;2*1H. The maximum Gasteiger partial charge on any atom is 0.0815 e. The molecule has 0 fully saturated rings. The van der Waals surface area contributed by atoms with Gasteiger partial charge in [0.1, 0.15) is 0 Å². The molecule has 3 N–H and O–H groups in total. The minimum absolute atomic E-state index is 0. The van der Waals surface area contributed by atoms with Crippen molar-refractivity contribution < 1.29 is 5.11 Å². The highest BCUT2D eigenvalue weighted by Crippen LogP contribution is 2.03. The number of hydrogen-bond donors (Lipinski definition) is 2. The molecule has 1 aromatic heterocycles. The van der Waals surface area contributed by atoms with Gasteiger partial charge in [-0.2, -0.15) is 5.10 Å². The van der Waals surface area contributed by atoms with Crippen LogP contribution in [0.15, 0.2) is 12.3 Å². The topological polar surface area (TPSA) is 64.1 Å². The van der Waals surface area contributed by atoms with Crippen molar-refractivity contribution in [2.45, 2.75) is 6.04 Å². The van der Waals surface area contributed by atoms with Crippen LogP contribution in [0.25, 0.3) is 0 Å². The molecule has 1 atom stereocenters. The number of hydrogen-bond acceptors (Lipinski definition) is 3. The minimum atomic E-state index is -0.346. The molecule has 1 aromatic rings. The van der Waals surface area contributed by atoms with Crippen LogP contribution in [0.2, 0.25) is 0 Å². The van der Waals surface area contributed by atoms with Gasteiger partial charge < -0.3 is 10.8 Å². The van der Waals surface area contributed by atoms with Gasteiger partial charge in [0, 0.05) is 13.2 Å². The van der Waals surface area contributed by atoms with Gasteiger partial charge in [-0.3, -0.25) is 4.68 Å². The molecule has 0 saturated heterocycles. The van der Waals surface area contributed by atoms with E-state index in [1.165, 1.54) is 0 Å². The summed E-state index contributed by atoms with van der Waals surface area (Å²) < 4.78 is 1.66. The van der Waals surface area contributed by atoms with Gasteiger partial charge in [-0.05, 0) is 6.07 Å². The maximum atomic E-state index is 8.62. The van der Waals surface area contributed by atoms with Crippen LogP contribution in [-0.4, -0.2) is 21.5 Å². The van der Waals surface area contributed by atoms with Crippen LogP contribution in [0.3, 0.4) is 0 Å². The van der Waals surface area contributed by atoms with Crippen molar-refractivity contribution in [2.75, 3.05) is 6.61 Å². The van der Waals surface area contributed by atoms with Crippen molar-refractivity contribution in [3.63, 3.8) is 0 Å². The van der Waals surface area contributed by atoms with E-state index >= 15 is 0 Å². The molecule has 1 rings (SSSR count). The molecule has 0 aliphatic carbocycles. The summed E-state index contributed by atoms with van der Waals surface area (Å²) in [4.78, 5) is 0. The summed E-state index contributed by atoms with van der Waals surface area (Å²) >= 11 is 0. The van der Waals surface area contributed by atoms with Crippen molar-refractivity contribution in [3.8, 4) is 0 Å². The van der Waals surface area contributed by atoms with Gasteiger partial charge in [-0.15, -0.1) is 24.8 Å². The Morgan fingerprint density at radius 2 is 2.25 bits per heavy atom. The summed E-state index contributed by atoms with van der Waals surface area (Å²) in [5.74, 6) is 0. The molecule has 1 heterocycles. The molecule has 0 aliphatic rings. The molecule has 0 radical (unpaired) electrons. The highest BCUT2D eigenvalue weighted by Gasteiger charge is 2.05. The zero-order chi connectivity index (χ0) is 7.56. The lowest BCUT2D eigenvalue weighted by molar-refractivity contribution is 0.265. The number of aryl methyl sites for hydroxylation is 1. The van der Waals surface area contributed by atoms with Crippen LogP contribution in [0, 0.1) is 0 Å². The normalized spacial score (nSPS) is 11.2. The van der Waals surface area contributed by atoms with Gasteiger partial charge in [-0.25, -0.2) is 0 Å². The summed E-state index contributed by atoms with van der Waals surface area (Å²) in [6.07, 6.45) is 1.80. The highest BCUT2D eigenvalue weighted by atomic mass is 35.5. The van der Waals surface area contributed by atoms with Gasteiger partial charge in [0.05, 0.1) is 18.3 Å². The second kappa shape index (κ2) is 6.25. The van der Waals surface area contributed by atoms with Crippen LogP contribution in [0.4, 0.5) is 0 Å². The Morgan fingerprint density at radius 3 is 2.58 bits per heavy atom. The number of nitrogens with two attached hydrogens (primary N) is 1. The average molecular weight is 214 g/mol. The average Bonchev–Trinajstić information content (AvgIpc) is 2.34. The number of nitrogens with zero attached hydrogens (tertiary/aromatic N) is 2.